The second-order valence-electron chi connectivity index (χ2n) is 9.44. The first-order valence-electron chi connectivity index (χ1n) is 12.0. The molecular formula is C25H33N5O5. The summed E-state index contributed by atoms with van der Waals surface area (Å²) in [5.74, 6) is -0.754. The Morgan fingerprint density at radius 3 is 2.71 bits per heavy atom. The van der Waals surface area contributed by atoms with Crippen LogP contribution in [0, 0.1) is 11.8 Å². The zero-order valence-corrected chi connectivity index (χ0v) is 20.5. The minimum Gasteiger partial charge on any atom is -0.443 e. The molecule has 10 nitrogen and oxygen atoms in total. The highest BCUT2D eigenvalue weighted by Gasteiger charge is 2.41. The molecule has 0 spiro atoms. The number of fused-ring (bicyclic) bond motifs is 1. The van der Waals surface area contributed by atoms with E-state index in [9.17, 15) is 19.8 Å². The van der Waals surface area contributed by atoms with Crippen molar-refractivity contribution in [1.29, 1.82) is 0 Å². The number of nitrogens with one attached hydrogen (secondary N) is 1. The summed E-state index contributed by atoms with van der Waals surface area (Å²) in [6.45, 7) is 8.16. The molecule has 1 aliphatic rings. The van der Waals surface area contributed by atoms with E-state index in [1.165, 1.54) is 11.3 Å². The Labute approximate surface area is 203 Å². The number of aromatic nitrogens is 3. The monoisotopic (exact) mass is 483 g/mol. The van der Waals surface area contributed by atoms with Crippen LogP contribution in [0.15, 0.2) is 35.2 Å². The van der Waals surface area contributed by atoms with Crippen molar-refractivity contribution in [3.8, 4) is 11.3 Å². The number of carbonyl (C=O) groups excluding carboxylic acids is 2. The van der Waals surface area contributed by atoms with Crippen LogP contribution in [0.2, 0.25) is 0 Å². The molecule has 4 rings (SSSR count). The van der Waals surface area contributed by atoms with Gasteiger partial charge in [0, 0.05) is 42.8 Å². The molecule has 1 fully saturated rings. The minimum atomic E-state index is -0.809. The molecule has 0 bridgehead atoms. The second kappa shape index (κ2) is 10.2. The summed E-state index contributed by atoms with van der Waals surface area (Å²) in [6.07, 6.45) is 2.43. The molecule has 1 aliphatic heterocycles. The van der Waals surface area contributed by atoms with E-state index in [2.05, 4.69) is 15.4 Å². The van der Waals surface area contributed by atoms with Gasteiger partial charge in [0.05, 0.1) is 24.4 Å². The summed E-state index contributed by atoms with van der Waals surface area (Å²) in [7, 11) is 0. The highest BCUT2D eigenvalue weighted by molar-refractivity contribution is 5.93. The van der Waals surface area contributed by atoms with Crippen molar-refractivity contribution >= 4 is 22.9 Å². The predicted octanol–water partition coefficient (Wildman–Crippen LogP) is 2.11. The van der Waals surface area contributed by atoms with Gasteiger partial charge in [0.25, 0.3) is 0 Å². The Kier molecular flexibility index (Phi) is 7.23. The van der Waals surface area contributed by atoms with Crippen molar-refractivity contribution in [1.82, 2.24) is 25.0 Å². The normalized spacial score (nSPS) is 19.9. The van der Waals surface area contributed by atoms with Gasteiger partial charge in [-0.3, -0.25) is 14.3 Å². The van der Waals surface area contributed by atoms with Crippen LogP contribution in [-0.4, -0.2) is 67.0 Å². The molecule has 0 saturated carbocycles. The number of aryl methyl sites for hydroxylation is 1. The Bertz CT molecular complexity index is 1200. The Morgan fingerprint density at radius 2 is 2.03 bits per heavy atom. The van der Waals surface area contributed by atoms with Crippen LogP contribution >= 0.6 is 0 Å². The van der Waals surface area contributed by atoms with Crippen molar-refractivity contribution in [2.75, 3.05) is 13.2 Å². The van der Waals surface area contributed by atoms with Gasteiger partial charge >= 0.3 is 0 Å². The number of β-amino-alcohol motifs (C(OH)–C–C–N with tert-alkyl or cyclic N) is 1. The lowest BCUT2D eigenvalue weighted by Crippen LogP contribution is -2.49. The predicted molar refractivity (Wildman–Crippen MR) is 129 cm³/mol. The Morgan fingerprint density at radius 1 is 1.26 bits per heavy atom. The first-order valence-corrected chi connectivity index (χ1v) is 12.0. The molecule has 4 unspecified atom stereocenters. The van der Waals surface area contributed by atoms with Gasteiger partial charge < -0.3 is 24.8 Å². The molecule has 0 radical (unpaired) electrons. The number of hydrogen-bond acceptors (Lipinski definition) is 7. The SMILES string of the molecule is CCn1nccc1-c1ccc(C(CO)NC(=O)C2CC(O)CN2C(=O)C(C)C(C)C)c2ocnc12. The molecule has 3 heterocycles. The minimum absolute atomic E-state index is 0.108. The maximum absolute atomic E-state index is 13.3. The number of aliphatic hydroxyl groups is 2. The molecule has 1 aromatic carbocycles. The standard InChI is InChI=1S/C25H33N5O5/c1-5-30-20(8-9-27-30)18-7-6-17(23-22(18)26-13-35-23)19(12-31)28-24(33)21-10-16(32)11-29(21)25(34)15(4)14(2)3/h6-9,13-16,19,21,31-32H,5,10-12H2,1-4H3,(H,28,33). The van der Waals surface area contributed by atoms with Crippen molar-refractivity contribution in [2.45, 2.75) is 58.8 Å². The van der Waals surface area contributed by atoms with Crippen LogP contribution in [0.4, 0.5) is 0 Å². The van der Waals surface area contributed by atoms with Crippen LogP contribution in [0.5, 0.6) is 0 Å². The molecule has 2 amide bonds. The molecule has 188 valence electrons. The van der Waals surface area contributed by atoms with Crippen LogP contribution in [0.3, 0.4) is 0 Å². The third-order valence-electron chi connectivity index (χ3n) is 6.94. The maximum Gasteiger partial charge on any atom is 0.243 e. The van der Waals surface area contributed by atoms with Crippen LogP contribution in [-0.2, 0) is 16.1 Å². The van der Waals surface area contributed by atoms with E-state index in [0.717, 1.165) is 11.3 Å². The van der Waals surface area contributed by atoms with Crippen LogP contribution < -0.4 is 5.32 Å². The Hall–Kier alpha value is -3.24. The number of amides is 2. The Balaban J connectivity index is 1.60. The van der Waals surface area contributed by atoms with E-state index in [4.69, 9.17) is 4.42 Å². The average molecular weight is 484 g/mol. The third kappa shape index (κ3) is 4.68. The van der Waals surface area contributed by atoms with Crippen LogP contribution in [0.1, 0.15) is 45.7 Å². The molecule has 35 heavy (non-hydrogen) atoms. The lowest BCUT2D eigenvalue weighted by atomic mass is 9.96. The summed E-state index contributed by atoms with van der Waals surface area (Å²) in [5, 5.41) is 27.6. The highest BCUT2D eigenvalue weighted by atomic mass is 16.3. The maximum atomic E-state index is 13.3. The number of aliphatic hydroxyl groups excluding tert-OH is 2. The smallest absolute Gasteiger partial charge is 0.243 e. The quantitative estimate of drug-likeness (QED) is 0.447. The number of carbonyl (C=O) groups is 2. The van der Waals surface area contributed by atoms with E-state index in [1.54, 1.807) is 12.3 Å². The summed E-state index contributed by atoms with van der Waals surface area (Å²) < 4.78 is 7.53. The van der Waals surface area contributed by atoms with E-state index < -0.39 is 24.1 Å². The zero-order chi connectivity index (χ0) is 25.3. The molecule has 3 N–H and O–H groups in total. The molecule has 2 aromatic heterocycles. The summed E-state index contributed by atoms with van der Waals surface area (Å²) in [5.41, 5.74) is 3.35. The fourth-order valence-electron chi connectivity index (χ4n) is 4.61. The van der Waals surface area contributed by atoms with Gasteiger partial charge in [-0.1, -0.05) is 32.9 Å². The largest absolute Gasteiger partial charge is 0.443 e. The number of oxazole rings is 1. The first-order chi connectivity index (χ1) is 16.8. The van der Waals surface area contributed by atoms with E-state index in [0.29, 0.717) is 23.2 Å². The highest BCUT2D eigenvalue weighted by Crippen LogP contribution is 2.33. The zero-order valence-electron chi connectivity index (χ0n) is 20.5. The molecule has 4 atom stereocenters. The topological polar surface area (TPSA) is 134 Å². The van der Waals surface area contributed by atoms with E-state index in [1.807, 2.05) is 44.5 Å². The van der Waals surface area contributed by atoms with Gasteiger partial charge in [-0.15, -0.1) is 0 Å². The van der Waals surface area contributed by atoms with Crippen molar-refractivity contribution in [2.24, 2.45) is 11.8 Å². The summed E-state index contributed by atoms with van der Waals surface area (Å²) >= 11 is 0. The van der Waals surface area contributed by atoms with Gasteiger partial charge in [-0.2, -0.15) is 5.10 Å². The molecular weight excluding hydrogens is 450 g/mol. The van der Waals surface area contributed by atoms with Gasteiger partial charge in [-0.05, 0) is 18.9 Å². The first kappa shape index (κ1) is 24.9. The summed E-state index contributed by atoms with van der Waals surface area (Å²) in [4.78, 5) is 32.1. The molecule has 1 saturated heterocycles. The molecule has 0 aliphatic carbocycles. The average Bonchev–Trinajstić information content (AvgIpc) is 3.60. The fraction of sp³-hybridized carbons (Fsp3) is 0.520. The van der Waals surface area contributed by atoms with Gasteiger partial charge in [0.15, 0.2) is 12.0 Å². The molecule has 3 aromatic rings. The van der Waals surface area contributed by atoms with Gasteiger partial charge in [0.1, 0.15) is 11.6 Å². The van der Waals surface area contributed by atoms with Crippen molar-refractivity contribution in [3.05, 3.63) is 36.4 Å². The number of nitrogens with zero attached hydrogens (tertiary/aromatic N) is 4. The van der Waals surface area contributed by atoms with Crippen LogP contribution in [0.25, 0.3) is 22.4 Å². The lowest BCUT2D eigenvalue weighted by Gasteiger charge is -2.29. The lowest BCUT2D eigenvalue weighted by molar-refractivity contribution is -0.142. The molecule has 10 heteroatoms. The summed E-state index contributed by atoms with van der Waals surface area (Å²) in [6, 6.07) is 3.98. The second-order valence-corrected chi connectivity index (χ2v) is 9.44. The van der Waals surface area contributed by atoms with E-state index in [-0.39, 0.29) is 37.3 Å². The number of likely N-dealkylation sites (tertiary alicyclic amines) is 1. The number of hydrogen-bond donors (Lipinski definition) is 3. The van der Waals surface area contributed by atoms with E-state index >= 15 is 0 Å². The third-order valence-corrected chi connectivity index (χ3v) is 6.94. The van der Waals surface area contributed by atoms with Gasteiger partial charge in [0.2, 0.25) is 11.8 Å². The van der Waals surface area contributed by atoms with Crippen molar-refractivity contribution < 1.29 is 24.2 Å². The van der Waals surface area contributed by atoms with Crippen molar-refractivity contribution in [3.63, 3.8) is 0 Å². The van der Waals surface area contributed by atoms with Gasteiger partial charge in [-0.25, -0.2) is 4.98 Å². The fourth-order valence-corrected chi connectivity index (χ4v) is 4.61. The number of benzene rings is 1. The number of rotatable bonds is 8.